The van der Waals surface area contributed by atoms with Crippen LogP contribution in [0.1, 0.15) is 21.5 Å². The highest BCUT2D eigenvalue weighted by Gasteiger charge is 2.06. The van der Waals surface area contributed by atoms with Gasteiger partial charge in [0.1, 0.15) is 5.75 Å². The number of ether oxygens (including phenoxy) is 1. The van der Waals surface area contributed by atoms with Crippen LogP contribution in [0.4, 0.5) is 0 Å². The van der Waals surface area contributed by atoms with Gasteiger partial charge >= 0.3 is 5.97 Å². The first-order valence-electron chi connectivity index (χ1n) is 9.73. The van der Waals surface area contributed by atoms with Crippen LogP contribution in [-0.4, -0.2) is 11.8 Å². The number of hydrogen-bond acceptors (Lipinski definition) is 3. The fourth-order valence-corrected chi connectivity index (χ4v) is 3.19. The first-order chi connectivity index (χ1) is 14.7. The lowest BCUT2D eigenvalue weighted by molar-refractivity contribution is -0.133. The van der Waals surface area contributed by atoms with E-state index in [4.69, 9.17) is 4.74 Å². The molecule has 0 N–H and O–H groups in total. The molecule has 0 saturated carbocycles. The van der Waals surface area contributed by atoms with Crippen LogP contribution in [0.15, 0.2) is 103 Å². The molecule has 4 aromatic carbocycles. The van der Waals surface area contributed by atoms with Gasteiger partial charge in [-0.15, -0.1) is 0 Å². The van der Waals surface area contributed by atoms with Crippen LogP contribution in [0, 0.1) is 0 Å². The Kier molecular flexibility index (Phi) is 5.81. The molecule has 0 fully saturated rings. The smallest absolute Gasteiger partial charge is 0.315 e. The molecule has 3 heteroatoms. The molecule has 146 valence electrons. The SMILES string of the molecule is O=C(Cc1ccccc1)Oc1ccc(C=CC(=O)c2ccc3ccccc3c2)cc1. The first-order valence-corrected chi connectivity index (χ1v) is 9.73. The number of carbonyl (C=O) groups excluding carboxylic acids is 2. The molecule has 0 heterocycles. The van der Waals surface area contributed by atoms with Crippen LogP contribution in [0.2, 0.25) is 0 Å². The van der Waals surface area contributed by atoms with Gasteiger partial charge in [-0.05, 0) is 46.2 Å². The van der Waals surface area contributed by atoms with Crippen LogP contribution in [0.3, 0.4) is 0 Å². The van der Waals surface area contributed by atoms with E-state index in [1.54, 1.807) is 24.3 Å². The number of ketones is 1. The first kappa shape index (κ1) is 19.3. The third-order valence-electron chi connectivity index (χ3n) is 4.76. The molecule has 0 atom stereocenters. The normalized spacial score (nSPS) is 10.9. The molecule has 0 unspecified atom stereocenters. The highest BCUT2D eigenvalue weighted by Crippen LogP contribution is 2.18. The summed E-state index contributed by atoms with van der Waals surface area (Å²) in [6, 6.07) is 30.2. The number of carbonyl (C=O) groups is 2. The molecule has 3 nitrogen and oxygen atoms in total. The minimum absolute atomic E-state index is 0.0564. The maximum atomic E-state index is 12.5. The molecule has 0 spiro atoms. The third kappa shape index (κ3) is 4.89. The van der Waals surface area contributed by atoms with Gasteiger partial charge in [0.2, 0.25) is 0 Å². The van der Waals surface area contributed by atoms with Crippen molar-refractivity contribution in [2.75, 3.05) is 0 Å². The number of benzene rings is 4. The Morgan fingerprint density at radius 2 is 1.43 bits per heavy atom. The van der Waals surface area contributed by atoms with Gasteiger partial charge in [0.05, 0.1) is 6.42 Å². The second-order valence-electron chi connectivity index (χ2n) is 6.96. The van der Waals surface area contributed by atoms with Crippen molar-refractivity contribution < 1.29 is 14.3 Å². The average Bonchev–Trinajstić information content (AvgIpc) is 2.78. The minimum Gasteiger partial charge on any atom is -0.426 e. The van der Waals surface area contributed by atoms with Gasteiger partial charge in [-0.1, -0.05) is 84.9 Å². The number of allylic oxidation sites excluding steroid dienone is 1. The van der Waals surface area contributed by atoms with Crippen LogP contribution in [0.5, 0.6) is 5.75 Å². The summed E-state index contributed by atoms with van der Waals surface area (Å²) in [5.74, 6) is 0.115. The monoisotopic (exact) mass is 392 g/mol. The zero-order chi connectivity index (χ0) is 20.8. The molecule has 0 aliphatic rings. The maximum absolute atomic E-state index is 12.5. The van der Waals surface area contributed by atoms with E-state index in [2.05, 4.69) is 0 Å². The van der Waals surface area contributed by atoms with Crippen LogP contribution < -0.4 is 4.74 Å². The number of esters is 1. The lowest BCUT2D eigenvalue weighted by Gasteiger charge is -2.05. The summed E-state index contributed by atoms with van der Waals surface area (Å²) in [4.78, 5) is 24.5. The van der Waals surface area contributed by atoms with Crippen molar-refractivity contribution in [3.05, 3.63) is 120 Å². The number of rotatable bonds is 6. The summed E-state index contributed by atoms with van der Waals surface area (Å²) in [7, 11) is 0. The Labute approximate surface area is 175 Å². The van der Waals surface area contributed by atoms with Crippen molar-refractivity contribution in [2.24, 2.45) is 0 Å². The van der Waals surface area contributed by atoms with E-state index in [9.17, 15) is 9.59 Å². The summed E-state index contributed by atoms with van der Waals surface area (Å²) in [5.41, 5.74) is 2.41. The molecule has 0 aromatic heterocycles. The van der Waals surface area contributed by atoms with Crippen molar-refractivity contribution in [2.45, 2.75) is 6.42 Å². The van der Waals surface area contributed by atoms with E-state index in [1.807, 2.05) is 84.9 Å². The van der Waals surface area contributed by atoms with Crippen LogP contribution in [0.25, 0.3) is 16.8 Å². The number of fused-ring (bicyclic) bond motifs is 1. The summed E-state index contributed by atoms with van der Waals surface area (Å²) < 4.78 is 5.38. The Bertz CT molecular complexity index is 1210. The van der Waals surface area contributed by atoms with Crippen LogP contribution in [-0.2, 0) is 11.2 Å². The molecule has 0 aliphatic heterocycles. The highest BCUT2D eigenvalue weighted by atomic mass is 16.5. The zero-order valence-corrected chi connectivity index (χ0v) is 16.3. The molecule has 0 bridgehead atoms. The topological polar surface area (TPSA) is 43.4 Å². The largest absolute Gasteiger partial charge is 0.426 e. The van der Waals surface area contributed by atoms with E-state index in [1.165, 1.54) is 0 Å². The van der Waals surface area contributed by atoms with Gasteiger partial charge in [0.25, 0.3) is 0 Å². The Morgan fingerprint density at radius 1 is 0.733 bits per heavy atom. The van der Waals surface area contributed by atoms with E-state index in [0.717, 1.165) is 21.9 Å². The Hall–Kier alpha value is -3.98. The zero-order valence-electron chi connectivity index (χ0n) is 16.3. The molecule has 0 aliphatic carbocycles. The highest BCUT2D eigenvalue weighted by molar-refractivity contribution is 6.08. The molecular formula is C27H20O3. The molecule has 0 radical (unpaired) electrons. The second-order valence-corrected chi connectivity index (χ2v) is 6.96. The second kappa shape index (κ2) is 9.01. The van der Waals surface area contributed by atoms with E-state index in [-0.39, 0.29) is 18.2 Å². The molecule has 30 heavy (non-hydrogen) atoms. The third-order valence-corrected chi connectivity index (χ3v) is 4.76. The lowest BCUT2D eigenvalue weighted by Crippen LogP contribution is -2.11. The lowest BCUT2D eigenvalue weighted by atomic mass is 10.0. The molecular weight excluding hydrogens is 372 g/mol. The van der Waals surface area contributed by atoms with Gasteiger partial charge in [-0.25, -0.2) is 0 Å². The Morgan fingerprint density at radius 3 is 2.20 bits per heavy atom. The minimum atomic E-state index is -0.309. The fraction of sp³-hybridized carbons (Fsp3) is 0.0370. The standard InChI is InChI=1S/C27H20O3/c28-26(24-14-13-22-8-4-5-9-23(22)19-24)17-12-20-10-15-25(16-11-20)30-27(29)18-21-6-2-1-3-7-21/h1-17,19H,18H2. The molecule has 4 rings (SSSR count). The van der Waals surface area contributed by atoms with Crippen molar-refractivity contribution in [3.8, 4) is 5.75 Å². The van der Waals surface area contributed by atoms with Crippen molar-refractivity contribution >= 4 is 28.6 Å². The summed E-state index contributed by atoms with van der Waals surface area (Å²) >= 11 is 0. The quantitative estimate of drug-likeness (QED) is 0.178. The van der Waals surface area contributed by atoms with Crippen molar-refractivity contribution in [1.29, 1.82) is 0 Å². The summed E-state index contributed by atoms with van der Waals surface area (Å²) in [5, 5.41) is 2.15. The predicted octanol–water partition coefficient (Wildman–Crippen LogP) is 5.88. The average molecular weight is 392 g/mol. The Balaban J connectivity index is 1.38. The maximum Gasteiger partial charge on any atom is 0.315 e. The van der Waals surface area contributed by atoms with Gasteiger partial charge < -0.3 is 4.74 Å². The van der Waals surface area contributed by atoms with E-state index < -0.39 is 0 Å². The van der Waals surface area contributed by atoms with Gasteiger partial charge in [0.15, 0.2) is 5.78 Å². The molecule has 0 amide bonds. The number of hydrogen-bond donors (Lipinski definition) is 0. The van der Waals surface area contributed by atoms with E-state index in [0.29, 0.717) is 11.3 Å². The van der Waals surface area contributed by atoms with Gasteiger partial charge in [0, 0.05) is 5.56 Å². The molecule has 4 aromatic rings. The summed E-state index contributed by atoms with van der Waals surface area (Å²) in [6.07, 6.45) is 3.54. The molecule has 0 saturated heterocycles. The van der Waals surface area contributed by atoms with Gasteiger partial charge in [-0.2, -0.15) is 0 Å². The van der Waals surface area contributed by atoms with Crippen LogP contribution >= 0.6 is 0 Å². The fourth-order valence-electron chi connectivity index (χ4n) is 3.19. The summed E-state index contributed by atoms with van der Waals surface area (Å²) in [6.45, 7) is 0. The van der Waals surface area contributed by atoms with Gasteiger partial charge in [-0.3, -0.25) is 9.59 Å². The predicted molar refractivity (Wildman–Crippen MR) is 120 cm³/mol. The van der Waals surface area contributed by atoms with Crippen molar-refractivity contribution in [1.82, 2.24) is 0 Å². The van der Waals surface area contributed by atoms with Crippen molar-refractivity contribution in [3.63, 3.8) is 0 Å². The van der Waals surface area contributed by atoms with E-state index >= 15 is 0 Å².